The number of amides is 1. The molecule has 6 nitrogen and oxygen atoms in total. The maximum absolute atomic E-state index is 13.1. The van der Waals surface area contributed by atoms with E-state index in [1.807, 2.05) is 19.9 Å². The Kier molecular flexibility index (Phi) is 5.23. The predicted octanol–water partition coefficient (Wildman–Crippen LogP) is 5.52. The van der Waals surface area contributed by atoms with Crippen LogP contribution in [0, 0.1) is 20.8 Å². The maximum Gasteiger partial charge on any atom is 0.255 e. The molecular formula is C25H26N2O4. The highest BCUT2D eigenvalue weighted by molar-refractivity contribution is 6.13. The summed E-state index contributed by atoms with van der Waals surface area (Å²) in [6.45, 7) is 6.15. The zero-order valence-electron chi connectivity index (χ0n) is 18.6. The number of carbonyl (C=O) groups is 1. The Morgan fingerprint density at radius 2 is 1.58 bits per heavy atom. The number of carbonyl (C=O) groups excluding carboxylic acids is 1. The summed E-state index contributed by atoms with van der Waals surface area (Å²) in [7, 11) is 4.59. The number of fused-ring (bicyclic) bond motifs is 3. The zero-order valence-corrected chi connectivity index (χ0v) is 18.6. The Hall–Kier alpha value is -3.67. The molecule has 160 valence electrons. The molecule has 0 radical (unpaired) electrons. The highest BCUT2D eigenvalue weighted by Gasteiger charge is 2.19. The molecule has 31 heavy (non-hydrogen) atoms. The van der Waals surface area contributed by atoms with E-state index >= 15 is 0 Å². The third kappa shape index (κ3) is 3.44. The molecule has 0 saturated carbocycles. The molecule has 1 amide bonds. The fourth-order valence-corrected chi connectivity index (χ4v) is 4.06. The summed E-state index contributed by atoms with van der Waals surface area (Å²) in [5, 5.41) is 5.34. The molecule has 0 fully saturated rings. The van der Waals surface area contributed by atoms with Gasteiger partial charge in [0.1, 0.15) is 0 Å². The van der Waals surface area contributed by atoms with Crippen LogP contribution in [0.3, 0.4) is 0 Å². The number of anilines is 1. The molecule has 4 rings (SSSR count). The van der Waals surface area contributed by atoms with E-state index in [-0.39, 0.29) is 5.91 Å². The first kappa shape index (κ1) is 20.6. The van der Waals surface area contributed by atoms with Crippen molar-refractivity contribution < 1.29 is 19.0 Å². The lowest BCUT2D eigenvalue weighted by molar-refractivity contribution is 0.102. The number of benzene rings is 3. The highest BCUT2D eigenvalue weighted by Crippen LogP contribution is 2.39. The predicted molar refractivity (Wildman–Crippen MR) is 124 cm³/mol. The normalized spacial score (nSPS) is 11.0. The van der Waals surface area contributed by atoms with Gasteiger partial charge in [0.05, 0.1) is 21.3 Å². The average Bonchev–Trinajstić information content (AvgIpc) is 3.15. The van der Waals surface area contributed by atoms with Crippen LogP contribution in [0.15, 0.2) is 36.4 Å². The molecule has 1 heterocycles. The van der Waals surface area contributed by atoms with E-state index in [4.69, 9.17) is 14.2 Å². The third-order valence-electron chi connectivity index (χ3n) is 5.66. The summed E-state index contributed by atoms with van der Waals surface area (Å²) in [6.07, 6.45) is 0. The number of aryl methyl sites for hydroxylation is 3. The molecule has 0 bridgehead atoms. The minimum absolute atomic E-state index is 0.253. The number of rotatable bonds is 5. The summed E-state index contributed by atoms with van der Waals surface area (Å²) in [5.74, 6) is 1.06. The Morgan fingerprint density at radius 3 is 2.19 bits per heavy atom. The minimum Gasteiger partial charge on any atom is -0.493 e. The lowest BCUT2D eigenvalue weighted by Gasteiger charge is -2.15. The fourth-order valence-electron chi connectivity index (χ4n) is 4.06. The number of hydrogen-bond acceptors (Lipinski definition) is 4. The van der Waals surface area contributed by atoms with Crippen molar-refractivity contribution in [2.45, 2.75) is 20.8 Å². The van der Waals surface area contributed by atoms with Gasteiger partial charge in [0.25, 0.3) is 5.91 Å². The molecule has 0 aliphatic rings. The van der Waals surface area contributed by atoms with E-state index in [0.717, 1.165) is 38.6 Å². The van der Waals surface area contributed by atoms with Gasteiger partial charge in [-0.1, -0.05) is 11.6 Å². The first-order valence-corrected chi connectivity index (χ1v) is 10.0. The van der Waals surface area contributed by atoms with Gasteiger partial charge < -0.3 is 24.5 Å². The van der Waals surface area contributed by atoms with Crippen molar-refractivity contribution in [3.05, 3.63) is 58.7 Å². The molecule has 0 aliphatic carbocycles. The molecule has 4 aromatic rings. The van der Waals surface area contributed by atoms with Crippen molar-refractivity contribution in [3.63, 3.8) is 0 Å². The maximum atomic E-state index is 13.1. The van der Waals surface area contributed by atoms with E-state index in [1.165, 1.54) is 26.9 Å². The van der Waals surface area contributed by atoms with Gasteiger partial charge in [-0.2, -0.15) is 0 Å². The summed E-state index contributed by atoms with van der Waals surface area (Å²) in [6, 6.07) is 11.6. The first-order valence-electron chi connectivity index (χ1n) is 10.0. The first-order chi connectivity index (χ1) is 14.9. The second-order valence-corrected chi connectivity index (χ2v) is 7.66. The molecule has 6 heteroatoms. The average molecular weight is 418 g/mol. The van der Waals surface area contributed by atoms with Crippen LogP contribution in [0.25, 0.3) is 21.8 Å². The smallest absolute Gasteiger partial charge is 0.255 e. The van der Waals surface area contributed by atoms with Crippen molar-refractivity contribution in [1.82, 2.24) is 4.98 Å². The van der Waals surface area contributed by atoms with Crippen molar-refractivity contribution in [2.24, 2.45) is 0 Å². The van der Waals surface area contributed by atoms with E-state index in [2.05, 4.69) is 35.4 Å². The van der Waals surface area contributed by atoms with Crippen molar-refractivity contribution >= 4 is 33.4 Å². The number of ether oxygens (including phenoxy) is 3. The Morgan fingerprint density at radius 1 is 0.903 bits per heavy atom. The Bertz CT molecular complexity index is 1300. The number of methoxy groups -OCH3 is 3. The fraction of sp³-hybridized carbons (Fsp3) is 0.240. The van der Waals surface area contributed by atoms with Gasteiger partial charge in [0.15, 0.2) is 11.5 Å². The van der Waals surface area contributed by atoms with E-state index < -0.39 is 0 Å². The van der Waals surface area contributed by atoms with Crippen molar-refractivity contribution in [1.29, 1.82) is 0 Å². The molecule has 0 saturated heterocycles. The van der Waals surface area contributed by atoms with Crippen LogP contribution < -0.4 is 19.5 Å². The Labute approximate surface area is 181 Å². The molecule has 3 aromatic carbocycles. The number of H-pyrrole nitrogens is 1. The van der Waals surface area contributed by atoms with Crippen molar-refractivity contribution in [2.75, 3.05) is 26.6 Å². The third-order valence-corrected chi connectivity index (χ3v) is 5.66. The van der Waals surface area contributed by atoms with Crippen LogP contribution in [0.5, 0.6) is 17.2 Å². The Balaban J connectivity index is 1.80. The van der Waals surface area contributed by atoms with Crippen LogP contribution >= 0.6 is 0 Å². The van der Waals surface area contributed by atoms with Gasteiger partial charge in [-0.3, -0.25) is 4.79 Å². The standard InChI is InChI=1S/C25H26N2O4/c1-13-7-8-18-17(9-13)22-15(3)19(10-14(2)23(22)26-18)27-25(28)16-11-20(29-4)24(31-6)21(12-16)30-5/h7-12,26H,1-6H3,(H,27,28). The SMILES string of the molecule is COc1cc(C(=O)Nc2cc(C)c3[nH]c4ccc(C)cc4c3c2C)cc(OC)c1OC. The van der Waals surface area contributed by atoms with Gasteiger partial charge in [-0.15, -0.1) is 0 Å². The summed E-state index contributed by atoms with van der Waals surface area (Å²) < 4.78 is 16.1. The van der Waals surface area contributed by atoms with E-state index in [0.29, 0.717) is 22.8 Å². The lowest BCUT2D eigenvalue weighted by atomic mass is 10.0. The second kappa shape index (κ2) is 7.87. The van der Waals surface area contributed by atoms with Crippen LogP contribution in [-0.2, 0) is 0 Å². The molecular weight excluding hydrogens is 392 g/mol. The molecule has 0 atom stereocenters. The number of nitrogens with one attached hydrogen (secondary N) is 2. The van der Waals surface area contributed by atoms with Crippen molar-refractivity contribution in [3.8, 4) is 17.2 Å². The molecule has 2 N–H and O–H groups in total. The van der Waals surface area contributed by atoms with E-state index in [9.17, 15) is 4.79 Å². The summed E-state index contributed by atoms with van der Waals surface area (Å²) >= 11 is 0. The quantitative estimate of drug-likeness (QED) is 0.447. The van der Waals surface area contributed by atoms with Crippen LogP contribution in [0.4, 0.5) is 5.69 Å². The zero-order chi connectivity index (χ0) is 22.3. The lowest BCUT2D eigenvalue weighted by Crippen LogP contribution is -2.14. The van der Waals surface area contributed by atoms with Gasteiger partial charge in [-0.25, -0.2) is 0 Å². The largest absolute Gasteiger partial charge is 0.493 e. The molecule has 0 unspecified atom stereocenters. The van der Waals surface area contributed by atoms with Gasteiger partial charge in [0.2, 0.25) is 5.75 Å². The monoisotopic (exact) mass is 418 g/mol. The molecule has 1 aromatic heterocycles. The highest BCUT2D eigenvalue weighted by atomic mass is 16.5. The topological polar surface area (TPSA) is 72.6 Å². The minimum atomic E-state index is -0.253. The van der Waals surface area contributed by atoms with Gasteiger partial charge in [-0.05, 0) is 62.2 Å². The molecule has 0 spiro atoms. The number of aromatic amines is 1. The van der Waals surface area contributed by atoms with Gasteiger partial charge >= 0.3 is 0 Å². The second-order valence-electron chi connectivity index (χ2n) is 7.66. The number of hydrogen-bond donors (Lipinski definition) is 2. The number of aromatic nitrogens is 1. The van der Waals surface area contributed by atoms with Gasteiger partial charge in [0, 0.05) is 33.1 Å². The molecule has 0 aliphatic heterocycles. The van der Waals surface area contributed by atoms with Crippen LogP contribution in [0.1, 0.15) is 27.0 Å². The van der Waals surface area contributed by atoms with Crippen LogP contribution in [0.2, 0.25) is 0 Å². The van der Waals surface area contributed by atoms with Crippen LogP contribution in [-0.4, -0.2) is 32.2 Å². The van der Waals surface area contributed by atoms with E-state index in [1.54, 1.807) is 12.1 Å². The summed E-state index contributed by atoms with van der Waals surface area (Å²) in [4.78, 5) is 16.6. The summed E-state index contributed by atoms with van der Waals surface area (Å²) in [5.41, 5.74) is 6.63.